The Morgan fingerprint density at radius 2 is 0.704 bits per heavy atom. The summed E-state index contributed by atoms with van der Waals surface area (Å²) < 4.78 is 9.88. The first kappa shape index (κ1) is 39.8. The van der Waals surface area contributed by atoms with Crippen molar-refractivity contribution in [2.45, 2.75) is 0 Å². The van der Waals surface area contributed by atoms with Crippen molar-refractivity contribution in [3.63, 3.8) is 0 Å². The summed E-state index contributed by atoms with van der Waals surface area (Å²) in [6.45, 7) is 0. The van der Waals surface area contributed by atoms with Gasteiger partial charge in [0.1, 0.15) is 0 Å². The molecule has 0 amide bonds. The third-order valence-corrected chi connectivity index (χ3v) is 15.8. The van der Waals surface area contributed by atoms with Gasteiger partial charge in [0.05, 0.1) is 33.1 Å². The number of aromatic nitrogens is 3. The van der Waals surface area contributed by atoms with Gasteiger partial charge in [-0.15, -0.1) is 11.3 Å². The highest BCUT2D eigenvalue weighted by molar-refractivity contribution is 7.26. The highest BCUT2D eigenvalue weighted by atomic mass is 32.1. The van der Waals surface area contributed by atoms with Gasteiger partial charge in [-0.3, -0.25) is 0 Å². The first-order chi connectivity index (χ1) is 35.2. The molecule has 4 aromatic heterocycles. The summed E-state index contributed by atoms with van der Waals surface area (Å²) in [6, 6.07) is 93.4. The van der Waals surface area contributed by atoms with Crippen LogP contribution >= 0.6 is 11.3 Å². The molecule has 0 spiro atoms. The normalized spacial score (nSPS) is 11.9. The number of fused-ring (bicyclic) bond motifs is 13. The van der Waals surface area contributed by atoms with E-state index in [1.807, 2.05) is 11.3 Å². The number of nitrogens with zero attached hydrogens (tertiary/aromatic N) is 4. The minimum atomic E-state index is 1.08. The maximum Gasteiger partial charge on any atom is 0.0555 e. The van der Waals surface area contributed by atoms with Crippen LogP contribution in [0.2, 0.25) is 0 Å². The van der Waals surface area contributed by atoms with Gasteiger partial charge < -0.3 is 18.6 Å². The van der Waals surface area contributed by atoms with E-state index < -0.39 is 0 Å². The molecule has 0 aliphatic rings. The van der Waals surface area contributed by atoms with Crippen molar-refractivity contribution in [3.8, 4) is 28.2 Å². The van der Waals surface area contributed by atoms with Crippen molar-refractivity contribution >= 4 is 114 Å². The number of anilines is 3. The standard InChI is InChI=1S/C66H42N4S/c1-4-16-45(17-5-1)68-58-25-13-10-22-51(58)56-41-49(33-37-60(56)68)67(50-34-38-61-57(42-50)52-23-11-14-26-59(52)69(61)46-18-6-2-7-19-46)48-31-28-43(29-32-48)44-30-35-55-63(40-44)70(47-20-8-3-9-21-47)62-39-36-54-53-24-12-15-27-64(53)71-66(54)65(55)62/h1-42H. The largest absolute Gasteiger partial charge is 0.310 e. The van der Waals surface area contributed by atoms with E-state index >= 15 is 0 Å². The zero-order valence-corrected chi connectivity index (χ0v) is 39.3. The molecule has 0 unspecified atom stereocenters. The Balaban J connectivity index is 0.914. The van der Waals surface area contributed by atoms with Crippen LogP contribution in [0.3, 0.4) is 0 Å². The summed E-state index contributed by atoms with van der Waals surface area (Å²) in [4.78, 5) is 2.43. The molecule has 0 fully saturated rings. The van der Waals surface area contributed by atoms with Crippen LogP contribution in [0.1, 0.15) is 0 Å². The first-order valence-electron chi connectivity index (χ1n) is 24.3. The van der Waals surface area contributed by atoms with E-state index in [-0.39, 0.29) is 0 Å². The summed E-state index contributed by atoms with van der Waals surface area (Å²) in [7, 11) is 0. The van der Waals surface area contributed by atoms with E-state index in [0.717, 1.165) is 39.7 Å². The van der Waals surface area contributed by atoms with Crippen LogP contribution in [0.15, 0.2) is 255 Å². The van der Waals surface area contributed by atoms with Crippen LogP contribution in [0.4, 0.5) is 17.1 Å². The van der Waals surface area contributed by atoms with Crippen molar-refractivity contribution in [1.29, 1.82) is 0 Å². The maximum atomic E-state index is 2.45. The minimum Gasteiger partial charge on any atom is -0.310 e. The van der Waals surface area contributed by atoms with Crippen LogP contribution in [0, 0.1) is 0 Å². The molecule has 0 atom stereocenters. The molecular weight excluding hydrogens is 881 g/mol. The van der Waals surface area contributed by atoms with Gasteiger partial charge in [0.25, 0.3) is 0 Å². The zero-order chi connectivity index (χ0) is 46.6. The summed E-state index contributed by atoms with van der Waals surface area (Å²) in [5.41, 5.74) is 16.2. The van der Waals surface area contributed by atoms with Crippen LogP contribution in [0.5, 0.6) is 0 Å². The molecule has 0 saturated carbocycles. The summed E-state index contributed by atoms with van der Waals surface area (Å²) in [5, 5.41) is 10.1. The predicted octanol–water partition coefficient (Wildman–Crippen LogP) is 18.5. The fourth-order valence-corrected chi connectivity index (χ4v) is 12.7. The van der Waals surface area contributed by atoms with Gasteiger partial charge in [-0.25, -0.2) is 0 Å². The van der Waals surface area contributed by atoms with Crippen molar-refractivity contribution < 1.29 is 0 Å². The number of benzene rings is 11. The molecule has 15 aromatic rings. The summed E-state index contributed by atoms with van der Waals surface area (Å²) >= 11 is 1.90. The van der Waals surface area contributed by atoms with Gasteiger partial charge in [-0.1, -0.05) is 140 Å². The molecule has 71 heavy (non-hydrogen) atoms. The Hall–Kier alpha value is -9.16. The van der Waals surface area contributed by atoms with Crippen molar-refractivity contribution in [1.82, 2.24) is 13.7 Å². The monoisotopic (exact) mass is 922 g/mol. The number of thiophene rings is 1. The van der Waals surface area contributed by atoms with Gasteiger partial charge in [0, 0.05) is 86.6 Å². The van der Waals surface area contributed by atoms with E-state index in [4.69, 9.17) is 0 Å². The van der Waals surface area contributed by atoms with Crippen molar-refractivity contribution in [2.24, 2.45) is 0 Å². The van der Waals surface area contributed by atoms with E-state index in [1.54, 1.807) is 0 Å². The minimum absolute atomic E-state index is 1.08. The van der Waals surface area contributed by atoms with E-state index in [2.05, 4.69) is 273 Å². The molecule has 15 rings (SSSR count). The highest BCUT2D eigenvalue weighted by Gasteiger charge is 2.22. The maximum absolute atomic E-state index is 2.45. The van der Waals surface area contributed by atoms with E-state index in [9.17, 15) is 0 Å². The summed E-state index contributed by atoms with van der Waals surface area (Å²) in [5.74, 6) is 0. The Bertz CT molecular complexity index is 4400. The van der Waals surface area contributed by atoms with Crippen LogP contribution in [-0.4, -0.2) is 13.7 Å². The molecule has 0 aliphatic heterocycles. The number of para-hydroxylation sites is 5. The third kappa shape index (κ3) is 6.10. The fourth-order valence-electron chi connectivity index (χ4n) is 11.5. The smallest absolute Gasteiger partial charge is 0.0555 e. The molecular formula is C66H42N4S. The average molecular weight is 923 g/mol. The zero-order valence-electron chi connectivity index (χ0n) is 38.4. The Labute approximate surface area is 413 Å². The van der Waals surface area contributed by atoms with Gasteiger partial charge in [-0.05, 0) is 126 Å². The van der Waals surface area contributed by atoms with E-state index in [1.165, 1.54) is 91.2 Å². The molecule has 0 bridgehead atoms. The van der Waals surface area contributed by atoms with Crippen molar-refractivity contribution in [2.75, 3.05) is 4.90 Å². The fraction of sp³-hybridized carbons (Fsp3) is 0. The highest BCUT2D eigenvalue weighted by Crippen LogP contribution is 2.46. The van der Waals surface area contributed by atoms with Gasteiger partial charge >= 0.3 is 0 Å². The van der Waals surface area contributed by atoms with Crippen LogP contribution < -0.4 is 4.90 Å². The topological polar surface area (TPSA) is 18.0 Å². The van der Waals surface area contributed by atoms with Gasteiger partial charge in [-0.2, -0.15) is 0 Å². The number of hydrogen-bond acceptors (Lipinski definition) is 2. The average Bonchev–Trinajstić information content (AvgIpc) is 4.18. The van der Waals surface area contributed by atoms with Gasteiger partial charge in [0.2, 0.25) is 0 Å². The molecule has 0 radical (unpaired) electrons. The second-order valence-corrected chi connectivity index (χ2v) is 19.6. The second kappa shape index (κ2) is 15.7. The van der Waals surface area contributed by atoms with Crippen LogP contribution in [-0.2, 0) is 0 Å². The summed E-state index contributed by atoms with van der Waals surface area (Å²) in [6.07, 6.45) is 0. The SMILES string of the molecule is c1ccc(-n2c3ccccc3c3cc(N(c4ccc(-c5ccc6c7c8sc9ccccc9c8ccc7n(-c7ccccc7)c6c5)cc4)c4ccc5c(c4)c4ccccc4n5-c4ccccc4)ccc32)cc1. The van der Waals surface area contributed by atoms with E-state index in [0.29, 0.717) is 0 Å². The molecule has 4 nitrogen and oxygen atoms in total. The lowest BCUT2D eigenvalue weighted by Crippen LogP contribution is -2.10. The first-order valence-corrected chi connectivity index (χ1v) is 25.1. The molecule has 4 heterocycles. The molecule has 5 heteroatoms. The van der Waals surface area contributed by atoms with Crippen LogP contribution in [0.25, 0.3) is 114 Å². The molecule has 0 saturated heterocycles. The second-order valence-electron chi connectivity index (χ2n) is 18.5. The third-order valence-electron chi connectivity index (χ3n) is 14.6. The quantitative estimate of drug-likeness (QED) is 0.156. The Kier molecular flexibility index (Phi) is 8.79. The molecule has 0 aliphatic carbocycles. The Morgan fingerprint density at radius 3 is 1.28 bits per heavy atom. The predicted molar refractivity (Wildman–Crippen MR) is 302 cm³/mol. The molecule has 11 aromatic carbocycles. The molecule has 0 N–H and O–H groups in total. The lowest BCUT2D eigenvalue weighted by atomic mass is 10.0. The Morgan fingerprint density at radius 1 is 0.268 bits per heavy atom. The number of rotatable bonds is 7. The number of hydrogen-bond donors (Lipinski definition) is 0. The van der Waals surface area contributed by atoms with Crippen molar-refractivity contribution in [3.05, 3.63) is 255 Å². The lowest BCUT2D eigenvalue weighted by Gasteiger charge is -2.26. The lowest BCUT2D eigenvalue weighted by molar-refractivity contribution is 1.18. The van der Waals surface area contributed by atoms with Gasteiger partial charge in [0.15, 0.2) is 0 Å². The molecule has 332 valence electrons.